The Labute approximate surface area is 153 Å². The van der Waals surface area contributed by atoms with Crippen molar-refractivity contribution in [3.05, 3.63) is 65.4 Å². The molecule has 0 amide bonds. The Bertz CT molecular complexity index is 1060. The van der Waals surface area contributed by atoms with Gasteiger partial charge in [0.25, 0.3) is 10.0 Å². The number of hydrogen-bond donors (Lipinski definition) is 0. The predicted molar refractivity (Wildman–Crippen MR) is 101 cm³/mol. The SMILES string of the molecule is CC(=O)OCCc1c(C)c2ccccc2n1S(=O)(=O)c1ccc(C)cc1. The van der Waals surface area contributed by atoms with Gasteiger partial charge in [0.15, 0.2) is 0 Å². The summed E-state index contributed by atoms with van der Waals surface area (Å²) < 4.78 is 33.1. The second kappa shape index (κ2) is 6.96. The number of para-hydroxylation sites is 1. The first-order valence-electron chi connectivity index (χ1n) is 8.37. The maximum Gasteiger partial charge on any atom is 0.302 e. The highest BCUT2D eigenvalue weighted by atomic mass is 32.2. The molecular weight excluding hydrogens is 350 g/mol. The van der Waals surface area contributed by atoms with E-state index in [4.69, 9.17) is 4.74 Å². The monoisotopic (exact) mass is 371 g/mol. The van der Waals surface area contributed by atoms with Crippen molar-refractivity contribution in [2.75, 3.05) is 6.61 Å². The van der Waals surface area contributed by atoms with Crippen LogP contribution in [0, 0.1) is 13.8 Å². The summed E-state index contributed by atoms with van der Waals surface area (Å²) in [7, 11) is -3.77. The molecule has 0 aliphatic heterocycles. The molecule has 0 saturated heterocycles. The van der Waals surface area contributed by atoms with E-state index in [0.717, 1.165) is 16.5 Å². The zero-order chi connectivity index (χ0) is 18.9. The zero-order valence-corrected chi connectivity index (χ0v) is 15.8. The quantitative estimate of drug-likeness (QED) is 0.643. The molecule has 0 unspecified atom stereocenters. The first-order valence-corrected chi connectivity index (χ1v) is 9.81. The summed E-state index contributed by atoms with van der Waals surface area (Å²) >= 11 is 0. The molecule has 0 aliphatic carbocycles. The second-order valence-corrected chi connectivity index (χ2v) is 8.05. The van der Waals surface area contributed by atoms with E-state index in [9.17, 15) is 13.2 Å². The molecule has 26 heavy (non-hydrogen) atoms. The van der Waals surface area contributed by atoms with E-state index in [1.165, 1.54) is 10.9 Å². The number of nitrogens with zero attached hydrogens (tertiary/aromatic N) is 1. The fourth-order valence-electron chi connectivity index (χ4n) is 3.09. The fraction of sp³-hybridized carbons (Fsp3) is 0.250. The van der Waals surface area contributed by atoms with E-state index in [2.05, 4.69) is 0 Å². The van der Waals surface area contributed by atoms with Crippen LogP contribution in [0.4, 0.5) is 0 Å². The van der Waals surface area contributed by atoms with E-state index in [1.807, 2.05) is 32.0 Å². The lowest BCUT2D eigenvalue weighted by Gasteiger charge is -2.13. The Morgan fingerprint density at radius 1 is 1.04 bits per heavy atom. The summed E-state index contributed by atoms with van der Waals surface area (Å²) in [4.78, 5) is 11.3. The van der Waals surface area contributed by atoms with Gasteiger partial charge in [0.05, 0.1) is 17.0 Å². The Hall–Kier alpha value is -2.60. The van der Waals surface area contributed by atoms with Gasteiger partial charge in [0, 0.05) is 24.4 Å². The minimum Gasteiger partial charge on any atom is -0.465 e. The molecule has 1 aromatic heterocycles. The lowest BCUT2D eigenvalue weighted by Crippen LogP contribution is -2.17. The van der Waals surface area contributed by atoms with Gasteiger partial charge in [-0.25, -0.2) is 12.4 Å². The molecule has 5 nitrogen and oxygen atoms in total. The molecule has 0 N–H and O–H groups in total. The number of rotatable bonds is 5. The molecule has 6 heteroatoms. The number of carbonyl (C=O) groups is 1. The van der Waals surface area contributed by atoms with Crippen molar-refractivity contribution < 1.29 is 17.9 Å². The van der Waals surface area contributed by atoms with Crippen molar-refractivity contribution in [3.63, 3.8) is 0 Å². The summed E-state index contributed by atoms with van der Waals surface area (Å²) in [5, 5.41) is 0.876. The van der Waals surface area contributed by atoms with E-state index < -0.39 is 10.0 Å². The molecule has 3 rings (SSSR count). The number of ether oxygens (including phenoxy) is 1. The molecule has 0 spiro atoms. The number of carbonyl (C=O) groups excluding carboxylic acids is 1. The molecule has 0 atom stereocenters. The Morgan fingerprint density at radius 2 is 1.69 bits per heavy atom. The number of aryl methyl sites for hydroxylation is 2. The molecule has 0 fully saturated rings. The van der Waals surface area contributed by atoms with Crippen LogP contribution in [-0.4, -0.2) is 25.0 Å². The van der Waals surface area contributed by atoms with Crippen molar-refractivity contribution in [1.82, 2.24) is 3.97 Å². The van der Waals surface area contributed by atoms with Crippen molar-refractivity contribution >= 4 is 26.9 Å². The lowest BCUT2D eigenvalue weighted by molar-refractivity contribution is -0.140. The van der Waals surface area contributed by atoms with Crippen molar-refractivity contribution in [2.45, 2.75) is 32.1 Å². The average molecular weight is 371 g/mol. The van der Waals surface area contributed by atoms with Gasteiger partial charge in [0.2, 0.25) is 0 Å². The van der Waals surface area contributed by atoms with Crippen LogP contribution in [-0.2, 0) is 26.0 Å². The van der Waals surface area contributed by atoms with Crippen molar-refractivity contribution in [2.24, 2.45) is 0 Å². The molecule has 1 heterocycles. The van der Waals surface area contributed by atoms with Crippen LogP contribution in [0.15, 0.2) is 53.4 Å². The molecule has 2 aromatic carbocycles. The zero-order valence-electron chi connectivity index (χ0n) is 15.0. The second-order valence-electron chi connectivity index (χ2n) is 6.26. The number of hydrogen-bond acceptors (Lipinski definition) is 4. The van der Waals surface area contributed by atoms with Gasteiger partial charge in [-0.3, -0.25) is 4.79 Å². The summed E-state index contributed by atoms with van der Waals surface area (Å²) in [6, 6.07) is 14.2. The van der Waals surface area contributed by atoms with Gasteiger partial charge >= 0.3 is 5.97 Å². The van der Waals surface area contributed by atoms with E-state index in [0.29, 0.717) is 17.6 Å². The fourth-order valence-corrected chi connectivity index (χ4v) is 4.72. The van der Waals surface area contributed by atoms with Crippen molar-refractivity contribution in [3.8, 4) is 0 Å². The largest absolute Gasteiger partial charge is 0.465 e. The highest BCUT2D eigenvalue weighted by Gasteiger charge is 2.25. The van der Waals surface area contributed by atoms with Crippen LogP contribution in [0.3, 0.4) is 0 Å². The smallest absolute Gasteiger partial charge is 0.302 e. The number of fused-ring (bicyclic) bond motifs is 1. The first-order chi connectivity index (χ1) is 12.3. The molecular formula is C20H21NO4S. The van der Waals surface area contributed by atoms with Crippen LogP contribution >= 0.6 is 0 Å². The van der Waals surface area contributed by atoms with Gasteiger partial charge in [-0.2, -0.15) is 0 Å². The third kappa shape index (κ3) is 3.24. The third-order valence-electron chi connectivity index (χ3n) is 4.41. The molecule has 0 saturated carbocycles. The van der Waals surface area contributed by atoms with Gasteiger partial charge in [-0.1, -0.05) is 35.9 Å². The maximum absolute atomic E-state index is 13.3. The van der Waals surface area contributed by atoms with Gasteiger partial charge in [0.1, 0.15) is 0 Å². The summed E-state index contributed by atoms with van der Waals surface area (Å²) in [5.74, 6) is -0.383. The number of aromatic nitrogens is 1. The average Bonchev–Trinajstić information content (AvgIpc) is 2.88. The van der Waals surface area contributed by atoms with Crippen LogP contribution in [0.5, 0.6) is 0 Å². The molecule has 0 bridgehead atoms. The molecule has 136 valence electrons. The number of esters is 1. The standard InChI is InChI=1S/C20H21NO4S/c1-14-8-10-17(11-9-14)26(23,24)21-19(12-13-25-16(3)22)15(2)18-6-4-5-7-20(18)21/h4-11H,12-13H2,1-3H3. The summed E-state index contributed by atoms with van der Waals surface area (Å²) in [5.41, 5.74) is 3.13. The van der Waals surface area contributed by atoms with E-state index in [1.54, 1.807) is 30.3 Å². The van der Waals surface area contributed by atoms with Crippen LogP contribution in [0.2, 0.25) is 0 Å². The highest BCUT2D eigenvalue weighted by Crippen LogP contribution is 2.30. The van der Waals surface area contributed by atoms with Crippen LogP contribution in [0.1, 0.15) is 23.7 Å². The minimum absolute atomic E-state index is 0.135. The summed E-state index contributed by atoms with van der Waals surface area (Å²) in [6.07, 6.45) is 0.325. The Morgan fingerprint density at radius 3 is 2.35 bits per heavy atom. The predicted octanol–water partition coefficient (Wildman–Crippen LogP) is 3.60. The van der Waals surface area contributed by atoms with Crippen LogP contribution < -0.4 is 0 Å². The van der Waals surface area contributed by atoms with E-state index >= 15 is 0 Å². The molecule has 0 radical (unpaired) electrons. The first kappa shape index (κ1) is 18.2. The topological polar surface area (TPSA) is 65.4 Å². The third-order valence-corrected chi connectivity index (χ3v) is 6.17. The highest BCUT2D eigenvalue weighted by molar-refractivity contribution is 7.90. The normalized spacial score (nSPS) is 11.7. The minimum atomic E-state index is -3.77. The van der Waals surface area contributed by atoms with Gasteiger partial charge in [-0.05, 0) is 37.6 Å². The van der Waals surface area contributed by atoms with Crippen LogP contribution in [0.25, 0.3) is 10.9 Å². The Kier molecular flexibility index (Phi) is 4.87. The molecule has 0 aliphatic rings. The summed E-state index contributed by atoms with van der Waals surface area (Å²) in [6.45, 7) is 5.28. The maximum atomic E-state index is 13.3. The molecule has 3 aromatic rings. The van der Waals surface area contributed by atoms with Gasteiger partial charge < -0.3 is 4.74 Å². The number of benzene rings is 2. The van der Waals surface area contributed by atoms with E-state index in [-0.39, 0.29) is 17.5 Å². The lowest BCUT2D eigenvalue weighted by atomic mass is 10.1. The Balaban J connectivity index is 2.19. The van der Waals surface area contributed by atoms with Gasteiger partial charge in [-0.15, -0.1) is 0 Å². The van der Waals surface area contributed by atoms with Crippen molar-refractivity contribution in [1.29, 1.82) is 0 Å².